The molecule has 0 amide bonds. The minimum Gasteiger partial charge on any atom is -0.278 e. The molecule has 0 aliphatic rings. The normalized spacial score (nSPS) is 10.9. The average Bonchev–Trinajstić information content (AvgIpc) is 2.44. The van der Waals surface area contributed by atoms with E-state index >= 15 is 0 Å². The minimum absolute atomic E-state index is 0.615. The third-order valence-corrected chi connectivity index (χ3v) is 1.80. The van der Waals surface area contributed by atoms with Gasteiger partial charge in [0, 0.05) is 0 Å². The number of thioether (sulfide) groups is 1. The fraction of sp³-hybridized carbons (Fsp3) is 0.250. The van der Waals surface area contributed by atoms with Crippen LogP contribution < -0.4 is 0 Å². The van der Waals surface area contributed by atoms with E-state index in [1.165, 1.54) is 11.8 Å². The van der Waals surface area contributed by atoms with E-state index in [4.69, 9.17) is 0 Å². The monoisotopic (exact) mass is 155 g/mol. The molecule has 6 heteroatoms. The number of aromatic amines is 1. The Hall–Kier alpha value is -1.04. The van der Waals surface area contributed by atoms with Crippen LogP contribution in [-0.2, 0) is 0 Å². The highest BCUT2D eigenvalue weighted by Gasteiger charge is 2.03. The van der Waals surface area contributed by atoms with Crippen molar-refractivity contribution in [2.45, 2.75) is 5.16 Å². The number of fused-ring (bicyclic) bond motifs is 1. The molecular weight excluding hydrogens is 150 g/mol. The number of nitrogens with one attached hydrogen (secondary N) is 1. The molecule has 1 N–H and O–H groups in total. The molecule has 5 nitrogen and oxygen atoms in total. The largest absolute Gasteiger partial charge is 0.278 e. The molecule has 0 saturated carbocycles. The summed E-state index contributed by atoms with van der Waals surface area (Å²) in [5.41, 5.74) is 0. The van der Waals surface area contributed by atoms with E-state index in [0.29, 0.717) is 5.78 Å². The van der Waals surface area contributed by atoms with E-state index in [1.807, 2.05) is 6.26 Å². The Labute approximate surface area is 60.8 Å². The number of nitrogens with zero attached hydrogens (tertiary/aromatic N) is 4. The highest BCUT2D eigenvalue weighted by atomic mass is 32.2. The molecule has 0 saturated heterocycles. The zero-order chi connectivity index (χ0) is 6.97. The van der Waals surface area contributed by atoms with Crippen molar-refractivity contribution >= 4 is 17.5 Å². The van der Waals surface area contributed by atoms with Crippen LogP contribution in [-0.4, -0.2) is 31.1 Å². The Morgan fingerprint density at radius 3 is 3.30 bits per heavy atom. The van der Waals surface area contributed by atoms with Crippen LogP contribution in [0.4, 0.5) is 0 Å². The van der Waals surface area contributed by atoms with Gasteiger partial charge < -0.3 is 0 Å². The molecule has 0 unspecified atom stereocenters. The molecular formula is C4H5N5S. The minimum atomic E-state index is 0.615. The number of hydrogen-bond donors (Lipinski definition) is 1. The highest BCUT2D eigenvalue weighted by Crippen LogP contribution is 2.09. The van der Waals surface area contributed by atoms with Gasteiger partial charge in [-0.1, -0.05) is 11.8 Å². The van der Waals surface area contributed by atoms with Gasteiger partial charge >= 0.3 is 0 Å². The number of rotatable bonds is 1. The zero-order valence-corrected chi connectivity index (χ0v) is 6.09. The van der Waals surface area contributed by atoms with Crippen LogP contribution in [0.25, 0.3) is 5.78 Å². The van der Waals surface area contributed by atoms with Crippen LogP contribution in [0, 0.1) is 0 Å². The predicted octanol–water partition coefficient (Wildman–Crippen LogP) is 0.174. The van der Waals surface area contributed by atoms with Crippen LogP contribution in [0.1, 0.15) is 0 Å². The summed E-state index contributed by atoms with van der Waals surface area (Å²) in [6.07, 6.45) is 3.53. The van der Waals surface area contributed by atoms with Gasteiger partial charge in [0.25, 0.3) is 5.78 Å². The lowest BCUT2D eigenvalue weighted by Crippen LogP contribution is -1.84. The van der Waals surface area contributed by atoms with Gasteiger partial charge in [0.05, 0.1) is 0 Å². The van der Waals surface area contributed by atoms with Gasteiger partial charge in [-0.2, -0.15) is 9.50 Å². The molecule has 2 heterocycles. The van der Waals surface area contributed by atoms with E-state index < -0.39 is 0 Å². The van der Waals surface area contributed by atoms with Crippen molar-refractivity contribution in [3.05, 3.63) is 6.33 Å². The molecule has 0 fully saturated rings. The van der Waals surface area contributed by atoms with Crippen molar-refractivity contribution < 1.29 is 0 Å². The maximum absolute atomic E-state index is 3.91. The second kappa shape index (κ2) is 1.98. The molecule has 0 aliphatic carbocycles. The Bertz CT molecular complexity index is 336. The van der Waals surface area contributed by atoms with Crippen LogP contribution in [0.3, 0.4) is 0 Å². The third-order valence-electron chi connectivity index (χ3n) is 1.17. The SMILES string of the molecule is CSc1nnc2nc[nH]n12. The second-order valence-electron chi connectivity index (χ2n) is 1.71. The summed E-state index contributed by atoms with van der Waals surface area (Å²) in [6.45, 7) is 0. The summed E-state index contributed by atoms with van der Waals surface area (Å²) in [4.78, 5) is 3.91. The number of hydrogen-bond acceptors (Lipinski definition) is 4. The van der Waals surface area contributed by atoms with E-state index in [2.05, 4.69) is 20.3 Å². The average molecular weight is 155 g/mol. The molecule has 0 atom stereocenters. The molecule has 0 aromatic carbocycles. The topological polar surface area (TPSA) is 58.9 Å². The quantitative estimate of drug-likeness (QED) is 0.596. The Morgan fingerprint density at radius 2 is 2.50 bits per heavy atom. The van der Waals surface area contributed by atoms with Crippen LogP contribution >= 0.6 is 11.8 Å². The van der Waals surface area contributed by atoms with Crippen molar-refractivity contribution in [1.29, 1.82) is 0 Å². The lowest BCUT2D eigenvalue weighted by molar-refractivity contribution is 0.823. The standard InChI is InChI=1S/C4H5N5S/c1-10-4-8-7-3-5-2-6-9(3)4/h2H,1H3,(H,5,6,7). The summed E-state index contributed by atoms with van der Waals surface area (Å²) in [6, 6.07) is 0. The van der Waals surface area contributed by atoms with Crippen molar-refractivity contribution in [3.8, 4) is 0 Å². The first-order valence-corrected chi connectivity index (χ1v) is 3.93. The zero-order valence-electron chi connectivity index (χ0n) is 5.27. The first kappa shape index (κ1) is 5.72. The van der Waals surface area contributed by atoms with Crippen molar-refractivity contribution in [1.82, 2.24) is 24.8 Å². The van der Waals surface area contributed by atoms with Crippen molar-refractivity contribution in [3.63, 3.8) is 0 Å². The van der Waals surface area contributed by atoms with Gasteiger partial charge in [0.15, 0.2) is 0 Å². The molecule has 0 aliphatic heterocycles. The molecule has 0 bridgehead atoms. The molecule has 2 aromatic heterocycles. The Kier molecular flexibility index (Phi) is 1.13. The maximum Gasteiger partial charge on any atom is 0.272 e. The fourth-order valence-electron chi connectivity index (χ4n) is 0.735. The van der Waals surface area contributed by atoms with Gasteiger partial charge in [-0.05, 0) is 6.26 Å². The smallest absolute Gasteiger partial charge is 0.272 e. The lowest BCUT2D eigenvalue weighted by atomic mass is 11.1. The van der Waals surface area contributed by atoms with Gasteiger partial charge in [-0.15, -0.1) is 10.2 Å². The van der Waals surface area contributed by atoms with E-state index in [1.54, 1.807) is 10.8 Å². The second-order valence-corrected chi connectivity index (χ2v) is 2.48. The third kappa shape index (κ3) is 0.621. The summed E-state index contributed by atoms with van der Waals surface area (Å²) >= 11 is 1.53. The predicted molar refractivity (Wildman–Crippen MR) is 36.9 cm³/mol. The summed E-state index contributed by atoms with van der Waals surface area (Å²) in [5.74, 6) is 0.615. The molecule has 2 aromatic rings. The van der Waals surface area contributed by atoms with Gasteiger partial charge in [-0.3, -0.25) is 5.10 Å². The lowest BCUT2D eigenvalue weighted by Gasteiger charge is -1.85. The molecule has 10 heavy (non-hydrogen) atoms. The van der Waals surface area contributed by atoms with Gasteiger partial charge in [0.1, 0.15) is 6.33 Å². The fourth-order valence-corrected chi connectivity index (χ4v) is 1.17. The van der Waals surface area contributed by atoms with E-state index in [9.17, 15) is 0 Å². The molecule has 2 rings (SSSR count). The van der Waals surface area contributed by atoms with Gasteiger partial charge in [-0.25, -0.2) is 0 Å². The summed E-state index contributed by atoms with van der Waals surface area (Å²) in [7, 11) is 0. The number of aromatic nitrogens is 5. The first-order chi connectivity index (χ1) is 4.92. The Morgan fingerprint density at radius 1 is 1.60 bits per heavy atom. The molecule has 0 radical (unpaired) electrons. The molecule has 0 spiro atoms. The van der Waals surface area contributed by atoms with Crippen molar-refractivity contribution in [2.75, 3.05) is 6.26 Å². The Balaban J connectivity index is 2.76. The first-order valence-electron chi connectivity index (χ1n) is 2.70. The van der Waals surface area contributed by atoms with E-state index in [0.717, 1.165) is 5.16 Å². The summed E-state index contributed by atoms with van der Waals surface area (Å²) < 4.78 is 1.73. The van der Waals surface area contributed by atoms with Crippen LogP contribution in [0.5, 0.6) is 0 Å². The number of H-pyrrole nitrogens is 1. The van der Waals surface area contributed by atoms with E-state index in [-0.39, 0.29) is 0 Å². The highest BCUT2D eigenvalue weighted by molar-refractivity contribution is 7.98. The maximum atomic E-state index is 3.91. The van der Waals surface area contributed by atoms with Gasteiger partial charge in [0.2, 0.25) is 5.16 Å². The van der Waals surface area contributed by atoms with Crippen LogP contribution in [0.2, 0.25) is 0 Å². The summed E-state index contributed by atoms with van der Waals surface area (Å²) in [5, 5.41) is 11.4. The molecule has 52 valence electrons. The van der Waals surface area contributed by atoms with Crippen LogP contribution in [0.15, 0.2) is 11.5 Å². The van der Waals surface area contributed by atoms with Crippen molar-refractivity contribution in [2.24, 2.45) is 0 Å².